The Morgan fingerprint density at radius 1 is 1.06 bits per heavy atom. The van der Waals surface area contributed by atoms with Gasteiger partial charge in [0.05, 0.1) is 0 Å². The number of carbonyl (C=O) groups excluding carboxylic acids is 2. The monoisotopic (exact) mass is 278 g/mol. The minimum Gasteiger partial charge on any atom is -0.444 e. The van der Waals surface area contributed by atoms with Gasteiger partial charge in [-0.3, -0.25) is 4.79 Å². The molecule has 0 radical (unpaired) electrons. The highest BCUT2D eigenvalue weighted by Gasteiger charge is 2.15. The zero-order chi connectivity index (χ0) is 14.0. The minimum atomic E-state index is -0.462. The first-order valence-corrected chi connectivity index (χ1v) is 6.68. The van der Waals surface area contributed by atoms with Crippen molar-refractivity contribution in [1.82, 2.24) is 10.6 Å². The molecule has 0 saturated carbocycles. The number of ether oxygens (including phenoxy) is 1. The van der Waals surface area contributed by atoms with Crippen LogP contribution in [0.4, 0.5) is 4.79 Å². The van der Waals surface area contributed by atoms with Gasteiger partial charge in [-0.2, -0.15) is 0 Å². The number of unbranched alkanes of at least 4 members (excludes halogenated alkanes) is 2. The minimum absolute atomic E-state index is 0.000198. The zero-order valence-corrected chi connectivity index (χ0v) is 12.1. The fourth-order valence-electron chi connectivity index (χ4n) is 1.21. The second-order valence-corrected chi connectivity index (χ2v) is 5.24. The molecule has 2 amide bonds. The van der Waals surface area contributed by atoms with Gasteiger partial charge in [-0.15, -0.1) is 11.6 Å². The molecule has 0 spiro atoms. The molecular weight excluding hydrogens is 256 g/mol. The fraction of sp³-hybridized carbons (Fsp3) is 0.833. The van der Waals surface area contributed by atoms with Crippen LogP contribution in [0.3, 0.4) is 0 Å². The van der Waals surface area contributed by atoms with E-state index in [0.717, 1.165) is 19.3 Å². The second-order valence-electron chi connectivity index (χ2n) is 4.97. The number of alkyl halides is 1. The van der Waals surface area contributed by atoms with Gasteiger partial charge < -0.3 is 15.4 Å². The van der Waals surface area contributed by atoms with Crippen LogP contribution < -0.4 is 10.6 Å². The summed E-state index contributed by atoms with van der Waals surface area (Å²) in [6.45, 7) is 6.68. The van der Waals surface area contributed by atoms with E-state index < -0.39 is 11.7 Å². The van der Waals surface area contributed by atoms with Gasteiger partial charge in [-0.05, 0) is 40.0 Å². The number of hydrogen-bond acceptors (Lipinski definition) is 3. The average Bonchev–Trinajstić information content (AvgIpc) is 2.25. The number of amides is 2. The van der Waals surface area contributed by atoms with Crippen molar-refractivity contribution in [2.75, 3.05) is 19.0 Å². The molecule has 0 aromatic carbocycles. The topological polar surface area (TPSA) is 67.4 Å². The predicted octanol–water partition coefficient (Wildman–Crippen LogP) is 2.04. The van der Waals surface area contributed by atoms with E-state index in [1.807, 2.05) is 20.8 Å². The number of alkyl carbamates (subject to hydrolysis) is 1. The summed E-state index contributed by atoms with van der Waals surface area (Å²) in [6, 6.07) is 0. The van der Waals surface area contributed by atoms with E-state index in [1.165, 1.54) is 0 Å². The van der Waals surface area contributed by atoms with E-state index in [9.17, 15) is 9.59 Å². The first-order valence-electron chi connectivity index (χ1n) is 6.14. The quantitative estimate of drug-likeness (QED) is 0.553. The third kappa shape index (κ3) is 11.5. The number of nitrogens with one attached hydrogen (secondary N) is 2. The maximum Gasteiger partial charge on any atom is 0.407 e. The smallest absolute Gasteiger partial charge is 0.407 e. The maximum atomic E-state index is 11.3. The molecule has 0 atom stereocenters. The van der Waals surface area contributed by atoms with E-state index >= 15 is 0 Å². The molecule has 0 heterocycles. The van der Waals surface area contributed by atoms with Gasteiger partial charge in [0, 0.05) is 13.1 Å². The third-order valence-corrected chi connectivity index (χ3v) is 2.21. The molecule has 0 fully saturated rings. The molecule has 2 N–H and O–H groups in total. The fourth-order valence-corrected chi connectivity index (χ4v) is 1.30. The van der Waals surface area contributed by atoms with Crippen LogP contribution in [0.15, 0.2) is 0 Å². The standard InChI is InChI=1S/C12H23ClN2O3/c1-12(2,3)18-11(17)15-8-6-4-5-7-14-10(16)9-13/h4-9H2,1-3H3,(H,14,16)(H,15,17). The Morgan fingerprint density at radius 2 is 1.61 bits per heavy atom. The van der Waals surface area contributed by atoms with Crippen LogP contribution in [0, 0.1) is 0 Å². The van der Waals surface area contributed by atoms with E-state index in [2.05, 4.69) is 10.6 Å². The third-order valence-electron chi connectivity index (χ3n) is 1.97. The highest BCUT2D eigenvalue weighted by atomic mass is 35.5. The van der Waals surface area contributed by atoms with Gasteiger partial charge in [-0.1, -0.05) is 0 Å². The molecule has 0 saturated heterocycles. The van der Waals surface area contributed by atoms with Gasteiger partial charge in [0.1, 0.15) is 11.5 Å². The van der Waals surface area contributed by atoms with Crippen LogP contribution in [-0.4, -0.2) is 36.6 Å². The summed E-state index contributed by atoms with van der Waals surface area (Å²) < 4.78 is 5.09. The summed E-state index contributed by atoms with van der Waals surface area (Å²) in [5, 5.41) is 5.36. The van der Waals surface area contributed by atoms with Crippen LogP contribution in [0.1, 0.15) is 40.0 Å². The Kier molecular flexibility index (Phi) is 8.54. The lowest BCUT2D eigenvalue weighted by atomic mass is 10.2. The van der Waals surface area contributed by atoms with Gasteiger partial charge in [0.15, 0.2) is 0 Å². The summed E-state index contributed by atoms with van der Waals surface area (Å²) in [6.07, 6.45) is 2.27. The predicted molar refractivity (Wildman–Crippen MR) is 71.8 cm³/mol. The molecule has 0 bridgehead atoms. The van der Waals surface area contributed by atoms with Gasteiger partial charge in [0.25, 0.3) is 0 Å². The van der Waals surface area contributed by atoms with Crippen LogP contribution in [-0.2, 0) is 9.53 Å². The van der Waals surface area contributed by atoms with Crippen molar-refractivity contribution in [3.63, 3.8) is 0 Å². The van der Waals surface area contributed by atoms with Crippen molar-refractivity contribution in [3.8, 4) is 0 Å². The Balaban J connectivity index is 3.35. The SMILES string of the molecule is CC(C)(C)OC(=O)NCCCCCNC(=O)CCl. The first-order chi connectivity index (χ1) is 8.35. The number of carbonyl (C=O) groups is 2. The summed E-state index contributed by atoms with van der Waals surface area (Å²) in [5.41, 5.74) is -0.462. The van der Waals surface area contributed by atoms with Crippen molar-refractivity contribution in [3.05, 3.63) is 0 Å². The number of halogens is 1. The normalized spacial score (nSPS) is 10.9. The molecule has 6 heteroatoms. The Labute approximate surface area is 114 Å². The first kappa shape index (κ1) is 17.0. The molecule has 0 aromatic rings. The lowest BCUT2D eigenvalue weighted by molar-refractivity contribution is -0.118. The van der Waals surface area contributed by atoms with E-state index in [0.29, 0.717) is 13.1 Å². The highest BCUT2D eigenvalue weighted by molar-refractivity contribution is 6.27. The van der Waals surface area contributed by atoms with Crippen molar-refractivity contribution >= 4 is 23.6 Å². The van der Waals surface area contributed by atoms with E-state index in [1.54, 1.807) is 0 Å². The molecule has 0 aliphatic carbocycles. The molecular formula is C12H23ClN2O3. The highest BCUT2D eigenvalue weighted by Crippen LogP contribution is 2.06. The van der Waals surface area contributed by atoms with Crippen molar-refractivity contribution in [1.29, 1.82) is 0 Å². The lowest BCUT2D eigenvalue weighted by Gasteiger charge is -2.19. The van der Waals surface area contributed by atoms with Crippen LogP contribution >= 0.6 is 11.6 Å². The molecule has 106 valence electrons. The molecule has 18 heavy (non-hydrogen) atoms. The van der Waals surface area contributed by atoms with Gasteiger partial charge >= 0.3 is 6.09 Å². The van der Waals surface area contributed by atoms with Crippen LogP contribution in [0.2, 0.25) is 0 Å². The second kappa shape index (κ2) is 9.03. The molecule has 0 unspecified atom stereocenters. The largest absolute Gasteiger partial charge is 0.444 e. The van der Waals surface area contributed by atoms with E-state index in [4.69, 9.17) is 16.3 Å². The molecule has 0 aliphatic heterocycles. The van der Waals surface area contributed by atoms with Crippen molar-refractivity contribution in [2.45, 2.75) is 45.6 Å². The summed E-state index contributed by atoms with van der Waals surface area (Å²) in [5.74, 6) is -0.149. The Bertz CT molecular complexity index is 265. The average molecular weight is 279 g/mol. The molecule has 0 aliphatic rings. The summed E-state index contributed by atoms with van der Waals surface area (Å²) in [7, 11) is 0. The molecule has 5 nitrogen and oxygen atoms in total. The number of hydrogen-bond donors (Lipinski definition) is 2. The van der Waals surface area contributed by atoms with Crippen LogP contribution in [0.25, 0.3) is 0 Å². The Morgan fingerprint density at radius 3 is 2.11 bits per heavy atom. The summed E-state index contributed by atoms with van der Waals surface area (Å²) >= 11 is 5.33. The lowest BCUT2D eigenvalue weighted by Crippen LogP contribution is -2.33. The Hall–Kier alpha value is -0.970. The van der Waals surface area contributed by atoms with Crippen LogP contribution in [0.5, 0.6) is 0 Å². The molecule has 0 aromatic heterocycles. The number of rotatable bonds is 7. The maximum absolute atomic E-state index is 11.3. The van der Waals surface area contributed by atoms with Crippen molar-refractivity contribution < 1.29 is 14.3 Å². The van der Waals surface area contributed by atoms with E-state index in [-0.39, 0.29) is 11.8 Å². The summed E-state index contributed by atoms with van der Waals surface area (Å²) in [4.78, 5) is 22.1. The zero-order valence-electron chi connectivity index (χ0n) is 11.3. The van der Waals surface area contributed by atoms with Gasteiger partial charge in [0.2, 0.25) is 5.91 Å². The molecule has 0 rings (SSSR count). The van der Waals surface area contributed by atoms with Gasteiger partial charge in [-0.25, -0.2) is 4.79 Å². The van der Waals surface area contributed by atoms with Crippen molar-refractivity contribution in [2.24, 2.45) is 0 Å².